The van der Waals surface area contributed by atoms with E-state index >= 15 is 0 Å². The Labute approximate surface area is 148 Å². The largest absolute Gasteiger partial charge is 0.472 e. The average molecular weight is 363 g/mol. The maximum absolute atomic E-state index is 13.0. The van der Waals surface area contributed by atoms with Crippen LogP contribution < -0.4 is 10.1 Å². The zero-order valence-corrected chi connectivity index (χ0v) is 13.7. The molecule has 0 aliphatic carbocycles. The van der Waals surface area contributed by atoms with E-state index in [-0.39, 0.29) is 11.8 Å². The van der Waals surface area contributed by atoms with Gasteiger partial charge in [-0.15, -0.1) is 0 Å². The molecule has 1 aromatic heterocycles. The summed E-state index contributed by atoms with van der Waals surface area (Å²) in [6.45, 7) is 1.48. The first kappa shape index (κ1) is 18.0. The van der Waals surface area contributed by atoms with Crippen LogP contribution in [0.2, 0.25) is 0 Å². The lowest BCUT2D eigenvalue weighted by atomic mass is 10.1. The van der Waals surface area contributed by atoms with Crippen LogP contribution in [-0.4, -0.2) is 24.3 Å². The first-order chi connectivity index (χ1) is 12.5. The highest BCUT2D eigenvalue weighted by Gasteiger charge is 2.33. The van der Waals surface area contributed by atoms with Crippen molar-refractivity contribution in [3.05, 3.63) is 53.2 Å². The Balaban J connectivity index is 1.68. The Kier molecular flexibility index (Phi) is 5.28. The van der Waals surface area contributed by atoms with Crippen molar-refractivity contribution < 1.29 is 22.6 Å². The molecule has 1 saturated heterocycles. The van der Waals surface area contributed by atoms with Gasteiger partial charge >= 0.3 is 6.18 Å². The van der Waals surface area contributed by atoms with E-state index in [1.165, 1.54) is 6.07 Å². The van der Waals surface area contributed by atoms with Crippen LogP contribution in [0.3, 0.4) is 0 Å². The number of alkyl halides is 3. The fourth-order valence-electron chi connectivity index (χ4n) is 2.59. The van der Waals surface area contributed by atoms with Crippen LogP contribution in [0.1, 0.15) is 23.1 Å². The summed E-state index contributed by atoms with van der Waals surface area (Å²) >= 11 is 0. The molecule has 1 atom stereocenters. The van der Waals surface area contributed by atoms with Gasteiger partial charge in [-0.3, -0.25) is 0 Å². The second-order valence-corrected chi connectivity index (χ2v) is 5.83. The quantitative estimate of drug-likeness (QED) is 0.876. The minimum Gasteiger partial charge on any atom is -0.472 e. The van der Waals surface area contributed by atoms with E-state index in [1.807, 2.05) is 0 Å². The molecule has 1 aromatic carbocycles. The summed E-state index contributed by atoms with van der Waals surface area (Å²) in [6.07, 6.45) is -2.22. The number of nitriles is 1. The molecule has 0 spiro atoms. The zero-order chi connectivity index (χ0) is 18.6. The number of halogens is 3. The molecule has 26 heavy (non-hydrogen) atoms. The van der Waals surface area contributed by atoms with E-state index in [2.05, 4.69) is 10.3 Å². The number of rotatable bonds is 5. The van der Waals surface area contributed by atoms with Crippen molar-refractivity contribution in [2.24, 2.45) is 0 Å². The molecule has 0 bridgehead atoms. The van der Waals surface area contributed by atoms with Crippen LogP contribution in [0.4, 0.5) is 18.9 Å². The summed E-state index contributed by atoms with van der Waals surface area (Å²) in [5.41, 5.74) is -0.266. The first-order valence-electron chi connectivity index (χ1n) is 8.00. The Bertz CT molecular complexity index is 812. The average Bonchev–Trinajstić information content (AvgIpc) is 3.12. The summed E-state index contributed by atoms with van der Waals surface area (Å²) in [7, 11) is 0. The highest BCUT2D eigenvalue weighted by molar-refractivity contribution is 5.53. The van der Waals surface area contributed by atoms with E-state index in [1.54, 1.807) is 24.4 Å². The van der Waals surface area contributed by atoms with Crippen LogP contribution in [0.25, 0.3) is 0 Å². The number of anilines is 1. The number of ether oxygens (including phenoxy) is 2. The van der Waals surface area contributed by atoms with Gasteiger partial charge in [-0.2, -0.15) is 18.4 Å². The molecule has 1 N–H and O–H groups in total. The third-order valence-corrected chi connectivity index (χ3v) is 3.92. The molecule has 136 valence electrons. The maximum Gasteiger partial charge on any atom is 0.417 e. The Hall–Kier alpha value is -2.79. The second kappa shape index (κ2) is 7.62. The smallest absolute Gasteiger partial charge is 0.417 e. The van der Waals surface area contributed by atoms with Crippen molar-refractivity contribution >= 4 is 5.69 Å². The standard InChI is InChI=1S/C18H16F3N3O2/c19-18(20,21)16-8-14(2-1-13(16)9-22)24-10-12-3-5-23-17(7-12)26-15-4-6-25-11-15/h1-3,5,7-8,15,24H,4,6,10-11H2. The normalized spacial score (nSPS) is 16.9. The van der Waals surface area contributed by atoms with Gasteiger partial charge in [0.25, 0.3) is 0 Å². The molecular formula is C18H16F3N3O2. The van der Waals surface area contributed by atoms with Crippen molar-refractivity contribution in [1.82, 2.24) is 4.98 Å². The number of nitrogens with one attached hydrogen (secondary N) is 1. The summed E-state index contributed by atoms with van der Waals surface area (Å²) < 4.78 is 50.0. The van der Waals surface area contributed by atoms with Crippen molar-refractivity contribution in [3.63, 3.8) is 0 Å². The minimum absolute atomic E-state index is 0.0291. The van der Waals surface area contributed by atoms with Gasteiger partial charge < -0.3 is 14.8 Å². The number of nitrogens with zero attached hydrogens (tertiary/aromatic N) is 2. The van der Waals surface area contributed by atoms with Crippen molar-refractivity contribution in [2.45, 2.75) is 25.2 Å². The molecule has 0 saturated carbocycles. The van der Waals surface area contributed by atoms with Crippen LogP contribution in [0, 0.1) is 11.3 Å². The van der Waals surface area contributed by atoms with E-state index in [9.17, 15) is 13.2 Å². The number of benzene rings is 1. The van der Waals surface area contributed by atoms with Gasteiger partial charge in [0.05, 0.1) is 30.4 Å². The third kappa shape index (κ3) is 4.43. The predicted octanol–water partition coefficient (Wildman–Crippen LogP) is 3.75. The number of aromatic nitrogens is 1. The lowest BCUT2D eigenvalue weighted by molar-refractivity contribution is -0.137. The Morgan fingerprint density at radius 2 is 2.15 bits per heavy atom. The van der Waals surface area contributed by atoms with Crippen LogP contribution in [0.5, 0.6) is 5.88 Å². The van der Waals surface area contributed by atoms with Crippen LogP contribution in [-0.2, 0) is 17.5 Å². The Morgan fingerprint density at radius 3 is 2.85 bits per heavy atom. The van der Waals surface area contributed by atoms with Crippen molar-refractivity contribution in [1.29, 1.82) is 5.26 Å². The lowest BCUT2D eigenvalue weighted by Crippen LogP contribution is -2.16. The zero-order valence-electron chi connectivity index (χ0n) is 13.7. The fourth-order valence-corrected chi connectivity index (χ4v) is 2.59. The van der Waals surface area contributed by atoms with Gasteiger partial charge in [-0.25, -0.2) is 4.98 Å². The highest BCUT2D eigenvalue weighted by Crippen LogP contribution is 2.33. The molecule has 2 aromatic rings. The predicted molar refractivity (Wildman–Crippen MR) is 87.6 cm³/mol. The molecule has 3 rings (SSSR count). The molecule has 0 radical (unpaired) electrons. The number of hydrogen-bond donors (Lipinski definition) is 1. The fraction of sp³-hybridized carbons (Fsp3) is 0.333. The molecule has 1 fully saturated rings. The first-order valence-corrected chi connectivity index (χ1v) is 8.00. The monoisotopic (exact) mass is 363 g/mol. The van der Waals surface area contributed by atoms with E-state index in [4.69, 9.17) is 14.7 Å². The van der Waals surface area contributed by atoms with Gasteiger partial charge in [-0.05, 0) is 29.8 Å². The summed E-state index contributed by atoms with van der Waals surface area (Å²) in [4.78, 5) is 4.14. The SMILES string of the molecule is N#Cc1ccc(NCc2ccnc(OC3CCOC3)c2)cc1C(F)(F)F. The molecule has 2 heterocycles. The minimum atomic E-state index is -4.58. The molecule has 1 aliphatic rings. The Morgan fingerprint density at radius 1 is 1.31 bits per heavy atom. The number of pyridine rings is 1. The third-order valence-electron chi connectivity index (χ3n) is 3.92. The molecule has 0 amide bonds. The van der Waals surface area contributed by atoms with E-state index in [0.717, 1.165) is 24.1 Å². The van der Waals surface area contributed by atoms with Crippen LogP contribution in [0.15, 0.2) is 36.5 Å². The van der Waals surface area contributed by atoms with Crippen molar-refractivity contribution in [3.8, 4) is 11.9 Å². The summed E-state index contributed by atoms with van der Waals surface area (Å²) in [5.74, 6) is 0.454. The summed E-state index contributed by atoms with van der Waals surface area (Å²) in [6, 6.07) is 8.59. The van der Waals surface area contributed by atoms with E-state index < -0.39 is 17.3 Å². The van der Waals surface area contributed by atoms with Gasteiger partial charge in [0.2, 0.25) is 5.88 Å². The topological polar surface area (TPSA) is 67.2 Å². The second-order valence-electron chi connectivity index (χ2n) is 5.83. The highest BCUT2D eigenvalue weighted by atomic mass is 19.4. The summed E-state index contributed by atoms with van der Waals surface area (Å²) in [5, 5.41) is 11.8. The lowest BCUT2D eigenvalue weighted by Gasteiger charge is -2.13. The van der Waals surface area contributed by atoms with Gasteiger partial charge in [-0.1, -0.05) is 0 Å². The molecule has 5 nitrogen and oxygen atoms in total. The number of hydrogen-bond acceptors (Lipinski definition) is 5. The van der Waals surface area contributed by atoms with E-state index in [0.29, 0.717) is 25.6 Å². The van der Waals surface area contributed by atoms with Gasteiger partial charge in [0, 0.05) is 30.9 Å². The van der Waals surface area contributed by atoms with Gasteiger partial charge in [0.1, 0.15) is 6.10 Å². The van der Waals surface area contributed by atoms with Gasteiger partial charge in [0.15, 0.2) is 0 Å². The maximum atomic E-state index is 13.0. The van der Waals surface area contributed by atoms with Crippen molar-refractivity contribution in [2.75, 3.05) is 18.5 Å². The molecule has 1 aliphatic heterocycles. The van der Waals surface area contributed by atoms with Crippen LogP contribution >= 0.6 is 0 Å². The molecular weight excluding hydrogens is 347 g/mol. The molecule has 8 heteroatoms. The molecule has 1 unspecified atom stereocenters.